The van der Waals surface area contributed by atoms with Gasteiger partial charge < -0.3 is 10.4 Å². The van der Waals surface area contributed by atoms with E-state index in [1.54, 1.807) is 0 Å². The quantitative estimate of drug-likeness (QED) is 0.451. The SMILES string of the molecule is CC(=O)NC(CS)C(=O)O.[Zn+2]. The first-order valence-corrected chi connectivity index (χ1v) is 3.32. The Kier molecular flexibility index (Phi) is 8.12. The van der Waals surface area contributed by atoms with Gasteiger partial charge in [-0.1, -0.05) is 0 Å². The summed E-state index contributed by atoms with van der Waals surface area (Å²) in [7, 11) is 0. The first kappa shape index (κ1) is 13.5. The summed E-state index contributed by atoms with van der Waals surface area (Å²) in [6, 6.07) is -0.874. The molecule has 0 spiro atoms. The van der Waals surface area contributed by atoms with Crippen molar-refractivity contribution in [1.29, 1.82) is 0 Å². The Hall–Kier alpha value is -0.0866. The van der Waals surface area contributed by atoms with Crippen molar-refractivity contribution in [3.05, 3.63) is 0 Å². The molecule has 0 rings (SSSR count). The van der Waals surface area contributed by atoms with E-state index in [1.807, 2.05) is 0 Å². The van der Waals surface area contributed by atoms with E-state index >= 15 is 0 Å². The molecule has 1 atom stereocenters. The number of aliphatic carboxylic acids is 1. The van der Waals surface area contributed by atoms with E-state index in [9.17, 15) is 9.59 Å². The van der Waals surface area contributed by atoms with Crippen molar-refractivity contribution in [3.63, 3.8) is 0 Å². The largest absolute Gasteiger partial charge is 2.00 e. The number of rotatable bonds is 3. The molecular weight excluding hydrogens is 220 g/mol. The summed E-state index contributed by atoms with van der Waals surface area (Å²) < 4.78 is 0. The molecule has 0 saturated carbocycles. The molecule has 1 amide bonds. The third-order valence-electron chi connectivity index (χ3n) is 0.858. The maximum Gasteiger partial charge on any atom is 2.00 e. The Morgan fingerprint density at radius 2 is 2.09 bits per heavy atom. The first-order chi connectivity index (χ1) is 4.57. The summed E-state index contributed by atoms with van der Waals surface area (Å²) in [4.78, 5) is 20.5. The second-order valence-corrected chi connectivity index (χ2v) is 2.14. The molecule has 0 bridgehead atoms. The maximum absolute atomic E-state index is 10.3. The van der Waals surface area contributed by atoms with E-state index in [4.69, 9.17) is 5.11 Å². The van der Waals surface area contributed by atoms with Crippen molar-refractivity contribution in [1.82, 2.24) is 5.32 Å². The fraction of sp³-hybridized carbons (Fsp3) is 0.600. The number of carbonyl (C=O) groups excluding carboxylic acids is 1. The molecule has 0 aliphatic carbocycles. The molecule has 0 saturated heterocycles. The summed E-state index contributed by atoms with van der Waals surface area (Å²) in [6.45, 7) is 1.26. The average Bonchev–Trinajstić information content (AvgIpc) is 1.81. The van der Waals surface area contributed by atoms with Crippen LogP contribution in [0.5, 0.6) is 0 Å². The Labute approximate surface area is 82.9 Å². The van der Waals surface area contributed by atoms with Crippen molar-refractivity contribution >= 4 is 24.5 Å². The van der Waals surface area contributed by atoms with Gasteiger partial charge in [-0.05, 0) is 0 Å². The van der Waals surface area contributed by atoms with E-state index in [1.165, 1.54) is 6.92 Å². The first-order valence-electron chi connectivity index (χ1n) is 2.68. The van der Waals surface area contributed by atoms with Crippen molar-refractivity contribution < 1.29 is 34.2 Å². The van der Waals surface area contributed by atoms with Crippen LogP contribution in [0.1, 0.15) is 6.92 Å². The second-order valence-electron chi connectivity index (χ2n) is 1.77. The smallest absolute Gasteiger partial charge is 0.480 e. The van der Waals surface area contributed by atoms with Gasteiger partial charge in [-0.25, -0.2) is 4.79 Å². The van der Waals surface area contributed by atoms with Crippen LogP contribution in [0, 0.1) is 0 Å². The maximum atomic E-state index is 10.3. The number of amides is 1. The van der Waals surface area contributed by atoms with E-state index in [-0.39, 0.29) is 31.1 Å². The van der Waals surface area contributed by atoms with Crippen LogP contribution in [-0.4, -0.2) is 28.8 Å². The molecule has 0 aliphatic heterocycles. The Bertz CT molecular complexity index is 153. The number of carboxylic acid groups (broad SMARTS) is 1. The normalized spacial score (nSPS) is 11.1. The zero-order valence-electron chi connectivity index (χ0n) is 6.20. The van der Waals surface area contributed by atoms with Crippen molar-refractivity contribution in [2.24, 2.45) is 0 Å². The van der Waals surface area contributed by atoms with Gasteiger partial charge in [-0.3, -0.25) is 4.79 Å². The minimum atomic E-state index is -1.06. The number of thiol groups is 1. The Morgan fingerprint density at radius 1 is 1.64 bits per heavy atom. The second kappa shape index (κ2) is 6.61. The molecule has 6 heteroatoms. The number of hydrogen-bond acceptors (Lipinski definition) is 3. The zero-order valence-corrected chi connectivity index (χ0v) is 10.1. The molecule has 2 N–H and O–H groups in total. The molecule has 4 nitrogen and oxygen atoms in total. The summed E-state index contributed by atoms with van der Waals surface area (Å²) in [5, 5.41) is 10.6. The van der Waals surface area contributed by atoms with Crippen molar-refractivity contribution in [2.45, 2.75) is 13.0 Å². The molecule has 0 aromatic carbocycles. The molecule has 0 fully saturated rings. The predicted molar refractivity (Wildman–Crippen MR) is 39.1 cm³/mol. The van der Waals surface area contributed by atoms with Gasteiger partial charge in [-0.15, -0.1) is 0 Å². The predicted octanol–water partition coefficient (Wildman–Crippen LogP) is -0.497. The van der Waals surface area contributed by atoms with Gasteiger partial charge in [0.15, 0.2) is 0 Å². The van der Waals surface area contributed by atoms with Gasteiger partial charge in [0.2, 0.25) is 5.91 Å². The molecule has 0 heterocycles. The van der Waals surface area contributed by atoms with E-state index in [0.29, 0.717) is 0 Å². The minimum absolute atomic E-state index is 0. The van der Waals surface area contributed by atoms with Crippen LogP contribution in [0.15, 0.2) is 0 Å². The molecule has 0 aromatic heterocycles. The molecule has 1 unspecified atom stereocenters. The average molecular weight is 229 g/mol. The molecular formula is C5H9NO3SZn+2. The number of carboxylic acids is 1. The summed E-state index contributed by atoms with van der Waals surface area (Å²) >= 11 is 3.73. The van der Waals surface area contributed by atoms with E-state index in [2.05, 4.69) is 17.9 Å². The van der Waals surface area contributed by atoms with Crippen LogP contribution in [0.25, 0.3) is 0 Å². The van der Waals surface area contributed by atoms with Crippen molar-refractivity contribution in [3.8, 4) is 0 Å². The monoisotopic (exact) mass is 227 g/mol. The van der Waals surface area contributed by atoms with Crippen molar-refractivity contribution in [2.75, 3.05) is 5.75 Å². The summed E-state index contributed by atoms with van der Waals surface area (Å²) in [6.07, 6.45) is 0. The van der Waals surface area contributed by atoms with Crippen LogP contribution < -0.4 is 5.32 Å². The van der Waals surface area contributed by atoms with Crippen LogP contribution in [0.4, 0.5) is 0 Å². The van der Waals surface area contributed by atoms with Gasteiger partial charge in [0.05, 0.1) is 0 Å². The number of nitrogens with one attached hydrogen (secondary N) is 1. The van der Waals surface area contributed by atoms with Gasteiger partial charge in [0.25, 0.3) is 0 Å². The number of carbonyl (C=O) groups is 2. The Balaban J connectivity index is 0. The molecule has 0 aliphatic rings. The van der Waals surface area contributed by atoms with Gasteiger partial charge in [0, 0.05) is 12.7 Å². The molecule has 58 valence electrons. The minimum Gasteiger partial charge on any atom is -0.480 e. The Morgan fingerprint density at radius 3 is 2.18 bits per heavy atom. The fourth-order valence-electron chi connectivity index (χ4n) is 0.431. The molecule has 0 aromatic rings. The standard InChI is InChI=1S/C5H9NO3S.Zn/c1-3(7)6-4(2-10)5(8)9;/h4,10H,2H2,1H3,(H,6,7)(H,8,9);/q;+2. The van der Waals surface area contributed by atoms with Crippen LogP contribution >= 0.6 is 12.6 Å². The molecule has 11 heavy (non-hydrogen) atoms. The third kappa shape index (κ3) is 6.32. The molecule has 0 radical (unpaired) electrons. The topological polar surface area (TPSA) is 66.4 Å². The summed E-state index contributed by atoms with van der Waals surface area (Å²) in [5.74, 6) is -1.32. The fourth-order valence-corrected chi connectivity index (χ4v) is 0.678. The van der Waals surface area contributed by atoms with Gasteiger partial charge >= 0.3 is 25.4 Å². The van der Waals surface area contributed by atoms with Crippen LogP contribution in [0.3, 0.4) is 0 Å². The van der Waals surface area contributed by atoms with Gasteiger partial charge in [-0.2, -0.15) is 12.6 Å². The van der Waals surface area contributed by atoms with E-state index < -0.39 is 12.0 Å². The summed E-state index contributed by atoms with van der Waals surface area (Å²) in [5.41, 5.74) is 0. The third-order valence-corrected chi connectivity index (χ3v) is 1.22. The van der Waals surface area contributed by atoms with Crippen LogP contribution in [0.2, 0.25) is 0 Å². The van der Waals surface area contributed by atoms with Crippen LogP contribution in [-0.2, 0) is 29.1 Å². The van der Waals surface area contributed by atoms with E-state index in [0.717, 1.165) is 0 Å². The van der Waals surface area contributed by atoms with Gasteiger partial charge in [0.1, 0.15) is 6.04 Å². The zero-order chi connectivity index (χ0) is 8.15. The number of hydrogen-bond donors (Lipinski definition) is 3.